The summed E-state index contributed by atoms with van der Waals surface area (Å²) in [7, 11) is 0. The summed E-state index contributed by atoms with van der Waals surface area (Å²) >= 11 is 9.59. The number of allylic oxidation sites excluding steroid dienone is 1. The maximum Gasteiger partial charge on any atom is 0.231 e. The Kier molecular flexibility index (Phi) is 6.40. The van der Waals surface area contributed by atoms with Crippen molar-refractivity contribution in [1.29, 1.82) is 5.26 Å². The van der Waals surface area contributed by atoms with Gasteiger partial charge in [0.25, 0.3) is 0 Å². The van der Waals surface area contributed by atoms with Gasteiger partial charge in [0.05, 0.1) is 22.6 Å². The second kappa shape index (κ2) is 9.39. The van der Waals surface area contributed by atoms with Crippen molar-refractivity contribution in [3.05, 3.63) is 99.1 Å². The number of nitrogens with two attached hydrogens (primary N) is 1. The Morgan fingerprint density at radius 2 is 1.84 bits per heavy atom. The molecule has 32 heavy (non-hydrogen) atoms. The molecular formula is C25H19BrClN3O2. The first kappa shape index (κ1) is 21.8. The molecule has 0 unspecified atom stereocenters. The molecule has 0 fully saturated rings. The van der Waals surface area contributed by atoms with E-state index in [-0.39, 0.29) is 6.79 Å². The standard InChI is InChI=1S/C25H19BrClN3O2/c1-16(19(13-28)10-18-11-24-25(12-21(18)26)32-15-31-24)30(23-5-3-2-4-22(23)29)14-17-6-8-20(27)9-7-17/h2-12H,1,14-15,29H2/b19-10+. The molecule has 160 valence electrons. The number of rotatable bonds is 6. The van der Waals surface area contributed by atoms with E-state index in [1.165, 1.54) is 0 Å². The second-order valence-electron chi connectivity index (χ2n) is 7.11. The molecule has 1 aliphatic heterocycles. The first-order valence-electron chi connectivity index (χ1n) is 9.73. The zero-order chi connectivity index (χ0) is 22.7. The first-order chi connectivity index (χ1) is 15.5. The third-order valence-corrected chi connectivity index (χ3v) is 5.97. The van der Waals surface area contributed by atoms with Gasteiger partial charge < -0.3 is 20.1 Å². The van der Waals surface area contributed by atoms with Crippen LogP contribution in [-0.4, -0.2) is 6.79 Å². The number of hydrogen-bond donors (Lipinski definition) is 1. The van der Waals surface area contributed by atoms with Crippen LogP contribution < -0.4 is 20.1 Å². The highest BCUT2D eigenvalue weighted by Crippen LogP contribution is 2.38. The van der Waals surface area contributed by atoms with E-state index in [1.807, 2.05) is 65.6 Å². The fourth-order valence-corrected chi connectivity index (χ4v) is 3.92. The van der Waals surface area contributed by atoms with Crippen LogP contribution in [0, 0.1) is 11.3 Å². The third-order valence-electron chi connectivity index (χ3n) is 5.03. The maximum absolute atomic E-state index is 9.98. The van der Waals surface area contributed by atoms with E-state index in [1.54, 1.807) is 6.08 Å². The summed E-state index contributed by atoms with van der Waals surface area (Å²) in [6.45, 7) is 4.88. The largest absolute Gasteiger partial charge is 0.454 e. The topological polar surface area (TPSA) is 71.5 Å². The zero-order valence-electron chi connectivity index (χ0n) is 17.0. The van der Waals surface area contributed by atoms with Gasteiger partial charge in [0.2, 0.25) is 6.79 Å². The quantitative estimate of drug-likeness (QED) is 0.232. The summed E-state index contributed by atoms with van der Waals surface area (Å²) in [6.07, 6.45) is 1.77. The Labute approximate surface area is 200 Å². The van der Waals surface area contributed by atoms with Crippen molar-refractivity contribution in [2.24, 2.45) is 0 Å². The Balaban J connectivity index is 1.73. The number of nitrogen functional groups attached to an aromatic ring is 1. The number of benzene rings is 3. The van der Waals surface area contributed by atoms with E-state index < -0.39 is 0 Å². The van der Waals surface area contributed by atoms with E-state index >= 15 is 0 Å². The number of nitriles is 1. The summed E-state index contributed by atoms with van der Waals surface area (Å²) in [6, 6.07) is 21.0. The third kappa shape index (κ3) is 4.59. The lowest BCUT2D eigenvalue weighted by molar-refractivity contribution is 0.174. The van der Waals surface area contributed by atoms with E-state index in [0.717, 1.165) is 21.3 Å². The smallest absolute Gasteiger partial charge is 0.231 e. The van der Waals surface area contributed by atoms with Crippen molar-refractivity contribution in [1.82, 2.24) is 0 Å². The molecular weight excluding hydrogens is 490 g/mol. The first-order valence-corrected chi connectivity index (χ1v) is 10.9. The van der Waals surface area contributed by atoms with Gasteiger partial charge in [0.1, 0.15) is 6.07 Å². The number of hydrogen-bond acceptors (Lipinski definition) is 5. The van der Waals surface area contributed by atoms with Crippen LogP contribution in [0.15, 0.2) is 83.0 Å². The van der Waals surface area contributed by atoms with Crippen molar-refractivity contribution >= 4 is 45.0 Å². The van der Waals surface area contributed by atoms with Crippen LogP contribution in [0.4, 0.5) is 11.4 Å². The van der Waals surface area contributed by atoms with Gasteiger partial charge in [-0.25, -0.2) is 0 Å². The molecule has 0 aliphatic carbocycles. The van der Waals surface area contributed by atoms with Crippen molar-refractivity contribution in [2.75, 3.05) is 17.4 Å². The van der Waals surface area contributed by atoms with Gasteiger partial charge in [0.15, 0.2) is 11.5 Å². The molecule has 3 aromatic rings. The number of halogens is 2. The van der Waals surface area contributed by atoms with Gasteiger partial charge in [-0.05, 0) is 53.6 Å². The summed E-state index contributed by atoms with van der Waals surface area (Å²) in [5, 5.41) is 10.6. The summed E-state index contributed by atoms with van der Waals surface area (Å²) in [4.78, 5) is 1.93. The van der Waals surface area contributed by atoms with Crippen molar-refractivity contribution < 1.29 is 9.47 Å². The van der Waals surface area contributed by atoms with Crippen LogP contribution in [0.5, 0.6) is 11.5 Å². The molecule has 4 rings (SSSR count). The summed E-state index contributed by atoms with van der Waals surface area (Å²) < 4.78 is 11.7. The molecule has 0 spiro atoms. The number of fused-ring (bicyclic) bond motifs is 1. The van der Waals surface area contributed by atoms with Crippen molar-refractivity contribution in [3.8, 4) is 17.6 Å². The van der Waals surface area contributed by atoms with Crippen LogP contribution in [0.25, 0.3) is 6.08 Å². The molecule has 7 heteroatoms. The monoisotopic (exact) mass is 507 g/mol. The maximum atomic E-state index is 9.98. The number of para-hydroxylation sites is 2. The lowest BCUT2D eigenvalue weighted by Crippen LogP contribution is -2.23. The minimum absolute atomic E-state index is 0.176. The summed E-state index contributed by atoms with van der Waals surface area (Å²) in [5.41, 5.74) is 10.3. The van der Waals surface area contributed by atoms with Gasteiger partial charge >= 0.3 is 0 Å². The normalized spacial score (nSPS) is 12.3. The minimum atomic E-state index is 0.176. The molecule has 1 aliphatic rings. The average Bonchev–Trinajstić information content (AvgIpc) is 3.24. The molecule has 2 N–H and O–H groups in total. The molecule has 0 saturated carbocycles. The molecule has 1 heterocycles. The lowest BCUT2D eigenvalue weighted by atomic mass is 10.1. The lowest BCUT2D eigenvalue weighted by Gasteiger charge is -2.28. The molecule has 0 radical (unpaired) electrons. The highest BCUT2D eigenvalue weighted by Gasteiger charge is 2.19. The van der Waals surface area contributed by atoms with Gasteiger partial charge in [-0.1, -0.05) is 58.4 Å². The fourth-order valence-electron chi connectivity index (χ4n) is 3.36. The molecule has 0 atom stereocenters. The predicted octanol–water partition coefficient (Wildman–Crippen LogP) is 6.54. The van der Waals surface area contributed by atoms with Gasteiger partial charge in [-0.2, -0.15) is 5.26 Å². The SMILES string of the molecule is C=C(/C(C#N)=C/c1cc2c(cc1Br)OCO2)N(Cc1ccc(Cl)cc1)c1ccccc1N. The Bertz CT molecular complexity index is 1250. The fraction of sp³-hybridized carbons (Fsp3) is 0.0800. The van der Waals surface area contributed by atoms with Crippen molar-refractivity contribution in [3.63, 3.8) is 0 Å². The Hall–Kier alpha value is -3.40. The van der Waals surface area contributed by atoms with Crippen LogP contribution in [0.1, 0.15) is 11.1 Å². The number of nitrogens with zero attached hydrogens (tertiary/aromatic N) is 2. The Morgan fingerprint density at radius 3 is 2.53 bits per heavy atom. The Morgan fingerprint density at radius 1 is 1.16 bits per heavy atom. The van der Waals surface area contributed by atoms with Crippen LogP contribution in [0.3, 0.4) is 0 Å². The van der Waals surface area contributed by atoms with Gasteiger partial charge in [-0.15, -0.1) is 0 Å². The van der Waals surface area contributed by atoms with E-state index in [0.29, 0.717) is 40.0 Å². The second-order valence-corrected chi connectivity index (χ2v) is 8.41. The van der Waals surface area contributed by atoms with E-state index in [4.69, 9.17) is 26.8 Å². The molecule has 5 nitrogen and oxygen atoms in total. The zero-order valence-corrected chi connectivity index (χ0v) is 19.4. The van der Waals surface area contributed by atoms with Crippen molar-refractivity contribution in [2.45, 2.75) is 6.54 Å². The highest BCUT2D eigenvalue weighted by molar-refractivity contribution is 9.10. The average molecular weight is 509 g/mol. The molecule has 0 aromatic heterocycles. The molecule has 3 aromatic carbocycles. The van der Waals surface area contributed by atoms with Crippen LogP contribution in [0.2, 0.25) is 5.02 Å². The molecule has 0 bridgehead atoms. The van der Waals surface area contributed by atoms with E-state index in [2.05, 4.69) is 28.6 Å². The minimum Gasteiger partial charge on any atom is -0.454 e. The highest BCUT2D eigenvalue weighted by atomic mass is 79.9. The van der Waals surface area contributed by atoms with Gasteiger partial charge in [-0.3, -0.25) is 0 Å². The van der Waals surface area contributed by atoms with Crippen LogP contribution in [-0.2, 0) is 6.54 Å². The predicted molar refractivity (Wildman–Crippen MR) is 131 cm³/mol. The van der Waals surface area contributed by atoms with E-state index in [9.17, 15) is 5.26 Å². The molecule has 0 saturated heterocycles. The molecule has 0 amide bonds. The van der Waals surface area contributed by atoms with Gasteiger partial charge in [0, 0.05) is 16.0 Å². The number of ether oxygens (including phenoxy) is 2. The van der Waals surface area contributed by atoms with Crippen LogP contribution >= 0.6 is 27.5 Å². The number of anilines is 2. The summed E-state index contributed by atoms with van der Waals surface area (Å²) in [5.74, 6) is 1.29.